The Morgan fingerprint density at radius 1 is 0.248 bits per heavy atom. The molecule has 0 saturated carbocycles. The molecule has 0 saturated heterocycles. The summed E-state index contributed by atoms with van der Waals surface area (Å²) in [4.78, 5) is 22.0. The number of benzene rings is 14. The molecule has 7 aromatic heterocycles. The van der Waals surface area contributed by atoms with Gasteiger partial charge in [-0.15, -0.1) is 0 Å². The minimum atomic E-state index is -0.276. The van der Waals surface area contributed by atoms with Gasteiger partial charge in [0.15, 0.2) is 5.82 Å². The fourth-order valence-electron chi connectivity index (χ4n) is 23.9. The second-order valence-electron chi connectivity index (χ2n) is 37.9. The number of pyridine rings is 2. The number of nitrogens with zero attached hydrogens (tertiary/aromatic N) is 8. The Morgan fingerprint density at radius 2 is 0.616 bits per heavy atom. The molecule has 26 rings (SSSR count). The zero-order valence-electron chi connectivity index (χ0n) is 71.1. The van der Waals surface area contributed by atoms with Gasteiger partial charge in [0.05, 0.1) is 90.7 Å². The number of rotatable bonds is 9. The van der Waals surface area contributed by atoms with E-state index in [-0.39, 0.29) is 33.0 Å². The Labute approximate surface area is 725 Å². The van der Waals surface area contributed by atoms with Crippen molar-refractivity contribution >= 4 is 87.2 Å². The highest BCUT2D eigenvalue weighted by molar-refractivity contribution is 6.17. The minimum Gasteiger partial charge on any atom is -0.309 e. The second-order valence-corrected chi connectivity index (χ2v) is 37.9. The van der Waals surface area contributed by atoms with E-state index in [0.717, 1.165) is 117 Å². The van der Waals surface area contributed by atoms with Gasteiger partial charge in [-0.25, -0.2) is 9.97 Å². The number of hydrogen-bond donors (Lipinski definition) is 0. The molecule has 5 aliphatic rings. The fourth-order valence-corrected chi connectivity index (χ4v) is 23.9. The largest absolute Gasteiger partial charge is 0.309 e. The summed E-state index contributed by atoms with van der Waals surface area (Å²) in [7, 11) is 0. The average Bonchev–Trinajstić information content (AvgIpc) is 1.53. The molecule has 0 radical (unpaired) electrons. The van der Waals surface area contributed by atoms with Gasteiger partial charge in [0.25, 0.3) is 0 Å². The highest BCUT2D eigenvalue weighted by Crippen LogP contribution is 2.60. The monoisotopic (exact) mass is 1600 g/mol. The Hall–Kier alpha value is -14.9. The summed E-state index contributed by atoms with van der Waals surface area (Å²) in [5.41, 5.74) is 38.9. The van der Waals surface area contributed by atoms with Crippen molar-refractivity contribution < 1.29 is 0 Å². The Kier molecular flexibility index (Phi) is 14.6. The van der Waals surface area contributed by atoms with Crippen LogP contribution in [-0.4, -0.2) is 38.2 Å². The lowest BCUT2D eigenvalue weighted by molar-refractivity contribution is 0.324. The predicted molar refractivity (Wildman–Crippen MR) is 517 cm³/mol. The smallest absolute Gasteiger partial charge is 0.160 e. The van der Waals surface area contributed by atoms with Crippen molar-refractivity contribution in [3.63, 3.8) is 0 Å². The molecule has 594 valence electrons. The van der Waals surface area contributed by atoms with E-state index in [4.69, 9.17) is 19.9 Å². The van der Waals surface area contributed by atoms with Crippen molar-refractivity contribution in [1.82, 2.24) is 38.2 Å². The first-order chi connectivity index (χ1) is 60.9. The second kappa shape index (κ2) is 25.4. The van der Waals surface area contributed by atoms with Gasteiger partial charge in [-0.1, -0.05) is 287 Å². The number of hydrogen-bond acceptors (Lipinski definition) is 4. The first kappa shape index (κ1) is 71.8. The molecule has 0 fully saturated rings. The van der Waals surface area contributed by atoms with Crippen LogP contribution < -0.4 is 0 Å². The molecule has 125 heavy (non-hydrogen) atoms. The lowest BCUT2D eigenvalue weighted by Crippen LogP contribution is -2.34. The molecule has 0 aliphatic heterocycles. The van der Waals surface area contributed by atoms with Gasteiger partial charge in [0.1, 0.15) is 0 Å². The van der Waals surface area contributed by atoms with Crippen molar-refractivity contribution in [1.29, 1.82) is 0 Å². The Morgan fingerprint density at radius 3 is 1.07 bits per heavy atom. The molecule has 8 nitrogen and oxygen atoms in total. The summed E-state index contributed by atoms with van der Waals surface area (Å²) in [6.07, 6.45) is 17.5. The van der Waals surface area contributed by atoms with E-state index in [0.29, 0.717) is 5.82 Å². The summed E-state index contributed by atoms with van der Waals surface area (Å²) < 4.78 is 10.1. The maximum atomic E-state index is 6.00. The molecule has 0 spiro atoms. The standard InChI is InChI=1S/C117H86N8/c1-113(2)89-38-20-13-31-71(89)82-57-85-74-34-16-23-41-99(74)123(105(85)61-92(82)113)104-56-70(47-49-79(104)81-51-54-119-67-110(81)125-102-44-26-18-36-76(102)87-59-84-73-33-15-22-40-91(73)115(5,6)94(84)63-107(87)125)112-120-97(68-29-11-10-12-30-68)65-98(121-112)69-46-48-78(103(55-69)122-100-42-24-19-37-77(100)88-60-96-95(64-108(88)122)116(7,8)111-45-27-28-52-117(96,111)9)80-50-53-118-66-109(80)124-101-43-25-17-35-75(101)86-58-83-72-32-14-21-39-90(72)114(3,4)93(83)62-106(86)124/h10-67,111H,1-9H3. The van der Waals surface area contributed by atoms with E-state index in [1.807, 2.05) is 12.4 Å². The lowest BCUT2D eigenvalue weighted by atomic mass is 9.67. The third kappa shape index (κ3) is 9.77. The van der Waals surface area contributed by atoms with Crippen LogP contribution in [0, 0.1) is 5.92 Å². The first-order valence-corrected chi connectivity index (χ1v) is 44.0. The quantitative estimate of drug-likeness (QED) is 0.144. The maximum Gasteiger partial charge on any atom is 0.160 e. The van der Waals surface area contributed by atoms with Crippen LogP contribution in [0.2, 0.25) is 0 Å². The summed E-state index contributed by atoms with van der Waals surface area (Å²) in [6, 6.07) is 114. The van der Waals surface area contributed by atoms with Crippen molar-refractivity contribution in [3.05, 3.63) is 397 Å². The highest BCUT2D eigenvalue weighted by atomic mass is 15.0. The van der Waals surface area contributed by atoms with Crippen LogP contribution in [0.5, 0.6) is 0 Å². The lowest BCUT2D eigenvalue weighted by Gasteiger charge is -2.36. The van der Waals surface area contributed by atoms with E-state index < -0.39 is 0 Å². The van der Waals surface area contributed by atoms with Crippen LogP contribution in [0.1, 0.15) is 107 Å². The normalized spacial score (nSPS) is 16.8. The molecular weight excluding hydrogens is 1520 g/mol. The zero-order valence-corrected chi connectivity index (χ0v) is 71.1. The van der Waals surface area contributed by atoms with Crippen LogP contribution in [0.3, 0.4) is 0 Å². The molecule has 21 aromatic rings. The van der Waals surface area contributed by atoms with E-state index in [1.54, 1.807) is 0 Å². The van der Waals surface area contributed by atoms with Crippen molar-refractivity contribution in [2.75, 3.05) is 0 Å². The molecular formula is C117H86N8. The number of aromatic nitrogens is 8. The Bertz CT molecular complexity index is 8450. The molecule has 14 aromatic carbocycles. The van der Waals surface area contributed by atoms with E-state index in [9.17, 15) is 0 Å². The predicted octanol–water partition coefficient (Wildman–Crippen LogP) is 29.2. The summed E-state index contributed by atoms with van der Waals surface area (Å²) in [5.74, 6) is 0.868. The number of allylic oxidation sites excluding steroid dienone is 4. The van der Waals surface area contributed by atoms with E-state index in [2.05, 4.69) is 421 Å². The van der Waals surface area contributed by atoms with Gasteiger partial charge in [-0.3, -0.25) is 9.97 Å². The minimum absolute atomic E-state index is 0.191. The van der Waals surface area contributed by atoms with Gasteiger partial charge in [0.2, 0.25) is 0 Å². The van der Waals surface area contributed by atoms with Gasteiger partial charge in [-0.2, -0.15) is 0 Å². The summed E-state index contributed by atoms with van der Waals surface area (Å²) in [6.45, 7) is 21.7. The average molecular weight is 1600 g/mol. The van der Waals surface area contributed by atoms with Crippen LogP contribution in [0.15, 0.2) is 352 Å². The highest BCUT2D eigenvalue weighted by Gasteiger charge is 2.52. The molecule has 8 heteroatoms. The maximum absolute atomic E-state index is 6.00. The molecule has 7 heterocycles. The molecule has 0 bridgehead atoms. The van der Waals surface area contributed by atoms with E-state index in [1.165, 1.54) is 121 Å². The number of para-hydroxylation sites is 4. The van der Waals surface area contributed by atoms with Gasteiger partial charge in [-0.05, 0) is 192 Å². The SMILES string of the molecule is CC1(C)c2ccccc2-c2cc3c4ccccc4n(-c4cnccc4-c4ccc(-c5cc(-c6ccccc6)nc(-c6ccc(-c7ccncc7-n7c8ccccc8c8cc9c(cc87)C(C)(C)c7ccccc7-9)c(-n7c8ccccc8c8cc9c(cc87)C(C)(C)c7ccccc7-9)c6)n5)cc4-n4c5ccccc5c5cc6c(cc54)C(C)(C)C4C=CC=CC64C)c3cc21. The topological polar surface area (TPSA) is 71.3 Å². The van der Waals surface area contributed by atoms with Crippen molar-refractivity contribution in [3.8, 4) is 112 Å². The van der Waals surface area contributed by atoms with Crippen LogP contribution in [0.4, 0.5) is 0 Å². The Balaban J connectivity index is 0.726. The van der Waals surface area contributed by atoms with E-state index >= 15 is 0 Å². The van der Waals surface area contributed by atoms with Gasteiger partial charge >= 0.3 is 0 Å². The third-order valence-corrected chi connectivity index (χ3v) is 30.0. The molecule has 2 atom stereocenters. The van der Waals surface area contributed by atoms with Gasteiger partial charge in [0, 0.05) is 116 Å². The summed E-state index contributed by atoms with van der Waals surface area (Å²) in [5, 5.41) is 9.57. The fraction of sp³-hybridized carbons (Fsp3) is 0.128. The summed E-state index contributed by atoms with van der Waals surface area (Å²) >= 11 is 0. The van der Waals surface area contributed by atoms with Gasteiger partial charge < -0.3 is 18.3 Å². The zero-order chi connectivity index (χ0) is 83.6. The van der Waals surface area contributed by atoms with Crippen LogP contribution >= 0.6 is 0 Å². The first-order valence-electron chi connectivity index (χ1n) is 44.0. The van der Waals surface area contributed by atoms with Crippen molar-refractivity contribution in [2.24, 2.45) is 5.92 Å². The molecule has 0 N–H and O–H groups in total. The molecule has 0 amide bonds. The molecule has 2 unspecified atom stereocenters. The molecule has 5 aliphatic carbocycles. The van der Waals surface area contributed by atoms with Crippen LogP contribution in [-0.2, 0) is 27.1 Å². The van der Waals surface area contributed by atoms with Crippen LogP contribution in [0.25, 0.3) is 200 Å². The third-order valence-electron chi connectivity index (χ3n) is 30.0. The van der Waals surface area contributed by atoms with Crippen molar-refractivity contribution in [2.45, 2.75) is 89.4 Å². The number of fused-ring (bicyclic) bond motifs is 24.